The van der Waals surface area contributed by atoms with Gasteiger partial charge in [0, 0.05) is 12.5 Å². The van der Waals surface area contributed by atoms with Gasteiger partial charge in [0.2, 0.25) is 5.91 Å². The second-order valence-electron chi connectivity index (χ2n) is 5.03. The summed E-state index contributed by atoms with van der Waals surface area (Å²) >= 11 is 0. The largest absolute Gasteiger partial charge is 0.353 e. The van der Waals surface area contributed by atoms with Gasteiger partial charge in [-0.05, 0) is 44.9 Å². The molecule has 0 aromatic carbocycles. The van der Waals surface area contributed by atoms with Gasteiger partial charge in [0.25, 0.3) is 0 Å². The molecule has 2 nitrogen and oxygen atoms in total. The van der Waals surface area contributed by atoms with Gasteiger partial charge in [0.1, 0.15) is 0 Å². The van der Waals surface area contributed by atoms with Gasteiger partial charge in [0.05, 0.1) is 0 Å². The maximum Gasteiger partial charge on any atom is 0.220 e. The van der Waals surface area contributed by atoms with Crippen LogP contribution in [0.4, 0.5) is 0 Å². The van der Waals surface area contributed by atoms with Crippen LogP contribution in [0.1, 0.15) is 58.3 Å². The van der Waals surface area contributed by atoms with E-state index in [4.69, 9.17) is 0 Å². The summed E-state index contributed by atoms with van der Waals surface area (Å²) in [6.45, 7) is 2.15. The zero-order valence-corrected chi connectivity index (χ0v) is 12.1. The minimum absolute atomic E-state index is 0.221. The number of hydrogen-bond donors (Lipinski definition) is 1. The summed E-state index contributed by atoms with van der Waals surface area (Å²) in [7, 11) is 0. The SMILES string of the molecule is CC/C=C\C/C=C\C/C=C\CCCC(=O)NC1CC1. The van der Waals surface area contributed by atoms with Gasteiger partial charge in [0.15, 0.2) is 0 Å². The van der Waals surface area contributed by atoms with Crippen LogP contribution in [0, 0.1) is 0 Å². The molecule has 0 aromatic heterocycles. The fraction of sp³-hybridized carbons (Fsp3) is 0.588. The third kappa shape index (κ3) is 10.3. The summed E-state index contributed by atoms with van der Waals surface area (Å²) < 4.78 is 0. The summed E-state index contributed by atoms with van der Waals surface area (Å²) in [5.41, 5.74) is 0. The molecule has 1 amide bonds. The summed E-state index contributed by atoms with van der Waals surface area (Å²) in [6, 6.07) is 0.495. The lowest BCUT2D eigenvalue weighted by Crippen LogP contribution is -2.24. The highest BCUT2D eigenvalue weighted by Gasteiger charge is 2.22. The van der Waals surface area contributed by atoms with E-state index in [9.17, 15) is 4.79 Å². The molecule has 1 fully saturated rings. The van der Waals surface area contributed by atoms with Crippen molar-refractivity contribution in [2.45, 2.75) is 64.3 Å². The van der Waals surface area contributed by atoms with Crippen molar-refractivity contribution >= 4 is 5.91 Å². The first-order chi connectivity index (χ1) is 9.33. The molecule has 0 aromatic rings. The monoisotopic (exact) mass is 261 g/mol. The molecule has 0 aliphatic heterocycles. The first kappa shape index (κ1) is 15.7. The molecule has 1 N–H and O–H groups in total. The average molecular weight is 261 g/mol. The van der Waals surface area contributed by atoms with Crippen LogP contribution in [0.2, 0.25) is 0 Å². The highest BCUT2D eigenvalue weighted by Crippen LogP contribution is 2.18. The van der Waals surface area contributed by atoms with E-state index >= 15 is 0 Å². The lowest BCUT2D eigenvalue weighted by molar-refractivity contribution is -0.121. The van der Waals surface area contributed by atoms with Gasteiger partial charge in [-0.15, -0.1) is 0 Å². The molecule has 19 heavy (non-hydrogen) atoms. The van der Waals surface area contributed by atoms with Crippen LogP contribution in [-0.2, 0) is 4.79 Å². The maximum atomic E-state index is 11.4. The number of unbranched alkanes of at least 4 members (excludes halogenated alkanes) is 1. The van der Waals surface area contributed by atoms with Crippen LogP contribution in [0.5, 0.6) is 0 Å². The Morgan fingerprint density at radius 2 is 1.68 bits per heavy atom. The molecule has 0 radical (unpaired) electrons. The molecule has 1 aliphatic carbocycles. The van der Waals surface area contributed by atoms with Crippen LogP contribution in [0.15, 0.2) is 36.5 Å². The van der Waals surface area contributed by atoms with Crippen LogP contribution in [-0.4, -0.2) is 11.9 Å². The van der Waals surface area contributed by atoms with Crippen molar-refractivity contribution in [3.05, 3.63) is 36.5 Å². The third-order valence-electron chi connectivity index (χ3n) is 3.00. The smallest absolute Gasteiger partial charge is 0.220 e. The van der Waals surface area contributed by atoms with E-state index in [1.165, 1.54) is 12.8 Å². The van der Waals surface area contributed by atoms with Crippen molar-refractivity contribution in [3.63, 3.8) is 0 Å². The number of allylic oxidation sites excluding steroid dienone is 6. The Bertz CT molecular complexity index is 324. The highest BCUT2D eigenvalue weighted by atomic mass is 16.1. The Morgan fingerprint density at radius 3 is 2.32 bits per heavy atom. The zero-order valence-electron chi connectivity index (χ0n) is 12.1. The summed E-state index contributed by atoms with van der Waals surface area (Å²) in [5, 5.41) is 3.01. The molecule has 2 heteroatoms. The van der Waals surface area contributed by atoms with Crippen molar-refractivity contribution in [1.29, 1.82) is 0 Å². The molecule has 1 rings (SSSR count). The van der Waals surface area contributed by atoms with Crippen molar-refractivity contribution < 1.29 is 4.79 Å². The molecule has 1 aliphatic rings. The molecule has 0 unspecified atom stereocenters. The molecule has 1 saturated carbocycles. The number of nitrogens with one attached hydrogen (secondary N) is 1. The summed E-state index contributed by atoms with van der Waals surface area (Å²) in [4.78, 5) is 11.4. The Hall–Kier alpha value is -1.31. The van der Waals surface area contributed by atoms with Crippen LogP contribution in [0.3, 0.4) is 0 Å². The average Bonchev–Trinajstić information content (AvgIpc) is 3.20. The highest BCUT2D eigenvalue weighted by molar-refractivity contribution is 5.76. The minimum Gasteiger partial charge on any atom is -0.353 e. The fourth-order valence-corrected chi connectivity index (χ4v) is 1.73. The molecule has 0 atom stereocenters. The lowest BCUT2D eigenvalue weighted by Gasteiger charge is -2.00. The molecule has 0 heterocycles. The molecule has 106 valence electrons. The maximum absolute atomic E-state index is 11.4. The first-order valence-corrected chi connectivity index (χ1v) is 7.57. The van der Waals surface area contributed by atoms with E-state index < -0.39 is 0 Å². The van der Waals surface area contributed by atoms with E-state index in [1.807, 2.05) is 0 Å². The first-order valence-electron chi connectivity index (χ1n) is 7.57. The number of carbonyl (C=O) groups excluding carboxylic acids is 1. The summed E-state index contributed by atoms with van der Waals surface area (Å²) in [6.07, 6.45) is 21.2. The number of carbonyl (C=O) groups is 1. The van der Waals surface area contributed by atoms with Crippen molar-refractivity contribution in [2.75, 3.05) is 0 Å². The second kappa shape index (κ2) is 10.6. The minimum atomic E-state index is 0.221. The van der Waals surface area contributed by atoms with Gasteiger partial charge in [-0.3, -0.25) is 4.79 Å². The molecule has 0 saturated heterocycles. The van der Waals surface area contributed by atoms with Gasteiger partial charge in [-0.2, -0.15) is 0 Å². The third-order valence-corrected chi connectivity index (χ3v) is 3.00. The number of hydrogen-bond acceptors (Lipinski definition) is 1. The Balaban J connectivity index is 1.89. The van der Waals surface area contributed by atoms with E-state index in [-0.39, 0.29) is 5.91 Å². The van der Waals surface area contributed by atoms with Gasteiger partial charge < -0.3 is 5.32 Å². The van der Waals surface area contributed by atoms with Gasteiger partial charge >= 0.3 is 0 Å². The van der Waals surface area contributed by atoms with Gasteiger partial charge in [-0.25, -0.2) is 0 Å². The lowest BCUT2D eigenvalue weighted by atomic mass is 10.2. The van der Waals surface area contributed by atoms with Crippen LogP contribution in [0.25, 0.3) is 0 Å². The molecule has 0 spiro atoms. The Kier molecular flexibility index (Phi) is 8.78. The second-order valence-corrected chi connectivity index (χ2v) is 5.03. The van der Waals surface area contributed by atoms with Crippen LogP contribution < -0.4 is 5.32 Å². The van der Waals surface area contributed by atoms with Crippen molar-refractivity contribution in [2.24, 2.45) is 0 Å². The zero-order chi connectivity index (χ0) is 13.8. The van der Waals surface area contributed by atoms with Crippen molar-refractivity contribution in [3.8, 4) is 0 Å². The van der Waals surface area contributed by atoms with E-state index in [2.05, 4.69) is 48.7 Å². The van der Waals surface area contributed by atoms with E-state index in [0.717, 1.165) is 32.1 Å². The summed E-state index contributed by atoms with van der Waals surface area (Å²) in [5.74, 6) is 0.221. The topological polar surface area (TPSA) is 29.1 Å². The molecular formula is C17H27NO. The molecular weight excluding hydrogens is 234 g/mol. The van der Waals surface area contributed by atoms with Crippen LogP contribution >= 0.6 is 0 Å². The predicted octanol–water partition coefficient (Wildman–Crippen LogP) is 4.29. The van der Waals surface area contributed by atoms with E-state index in [0.29, 0.717) is 12.5 Å². The quantitative estimate of drug-likeness (QED) is 0.461. The van der Waals surface area contributed by atoms with Crippen molar-refractivity contribution in [1.82, 2.24) is 5.32 Å². The van der Waals surface area contributed by atoms with E-state index in [1.54, 1.807) is 0 Å². The fourth-order valence-electron chi connectivity index (χ4n) is 1.73. The standard InChI is InChI=1S/C17H27NO/c1-2-3-4-5-6-7-8-9-10-11-12-13-17(19)18-16-14-15-16/h3-4,6-7,9-10,16H,2,5,8,11-15H2,1H3,(H,18,19)/b4-3-,7-6-,10-9-. The Labute approximate surface area is 117 Å². The number of amides is 1. The van der Waals surface area contributed by atoms with Gasteiger partial charge in [-0.1, -0.05) is 43.4 Å². The predicted molar refractivity (Wildman–Crippen MR) is 82.0 cm³/mol. The Morgan fingerprint density at radius 1 is 1.05 bits per heavy atom. The molecule has 0 bridgehead atoms. The normalized spacial score (nSPS) is 15.8. The number of rotatable bonds is 10.